The topological polar surface area (TPSA) is 23.0 Å². The minimum atomic E-state index is -0.191. The van der Waals surface area contributed by atoms with E-state index in [2.05, 4.69) is 199 Å². The van der Waals surface area contributed by atoms with Gasteiger partial charge in [0.1, 0.15) is 5.58 Å². The van der Waals surface area contributed by atoms with Gasteiger partial charge in [-0.05, 0) is 88.0 Å². The van der Waals surface area contributed by atoms with E-state index in [9.17, 15) is 0 Å². The molecule has 11 aromatic rings. The molecule has 56 heavy (non-hydrogen) atoms. The number of hydrogen-bond acceptors (Lipinski definition) is 1. The minimum absolute atomic E-state index is 0.191. The lowest BCUT2D eigenvalue weighted by molar-refractivity contribution is 0.663. The fourth-order valence-corrected chi connectivity index (χ4v) is 9.75. The Kier molecular flexibility index (Phi) is 6.40. The van der Waals surface area contributed by atoms with E-state index in [-0.39, 0.29) is 5.41 Å². The number of benzene rings is 8. The maximum absolute atomic E-state index is 6.66. The fourth-order valence-electron chi connectivity index (χ4n) is 9.75. The Hall–Kier alpha value is -7.10. The van der Waals surface area contributed by atoms with E-state index in [1.165, 1.54) is 77.3 Å². The first-order valence-electron chi connectivity index (χ1n) is 19.4. The Labute approximate surface area is 324 Å². The molecule has 0 fully saturated rings. The monoisotopic (exact) mass is 716 g/mol. The molecule has 0 radical (unpaired) electrons. The van der Waals surface area contributed by atoms with Crippen molar-refractivity contribution in [1.29, 1.82) is 0 Å². The lowest BCUT2D eigenvalue weighted by Gasteiger charge is -2.21. The van der Waals surface area contributed by atoms with Gasteiger partial charge in [-0.2, -0.15) is 0 Å². The molecule has 3 aromatic heterocycles. The summed E-state index contributed by atoms with van der Waals surface area (Å²) in [6.45, 7) is 4.76. The van der Waals surface area contributed by atoms with Gasteiger partial charge in [0.15, 0.2) is 5.58 Å². The molecule has 3 heterocycles. The molecule has 1 aliphatic rings. The van der Waals surface area contributed by atoms with Crippen LogP contribution in [0, 0.1) is 0 Å². The van der Waals surface area contributed by atoms with Crippen LogP contribution in [-0.4, -0.2) is 9.13 Å². The molecular weight excluding hydrogens is 681 g/mol. The standard InChI is InChI=1S/C53H36N2O/c1-53(2)44-19-9-6-17-41(44)51-50(53)43-32-36(26-30-47(43)55(51)48-21-12-18-40-39-16-8-11-22-49(39)56-52(40)48)35-25-29-46-42(31-35)38-15-7-10-20-45(38)54(46)37-27-23-34(24-28-37)33-13-4-3-5-14-33/h3-32H,1-2H3. The molecule has 0 bridgehead atoms. The molecule has 12 rings (SSSR count). The molecule has 0 aliphatic heterocycles. The quantitative estimate of drug-likeness (QED) is 0.178. The Morgan fingerprint density at radius 1 is 0.429 bits per heavy atom. The van der Waals surface area contributed by atoms with Crippen LogP contribution in [0.15, 0.2) is 186 Å². The van der Waals surface area contributed by atoms with Crippen molar-refractivity contribution in [3.8, 4) is 44.9 Å². The molecule has 1 aliphatic carbocycles. The van der Waals surface area contributed by atoms with E-state index in [1.807, 2.05) is 6.07 Å². The normalized spacial score (nSPS) is 13.3. The van der Waals surface area contributed by atoms with Crippen LogP contribution in [0.25, 0.3) is 99.5 Å². The van der Waals surface area contributed by atoms with Crippen LogP contribution >= 0.6 is 0 Å². The number of nitrogens with zero attached hydrogens (tertiary/aromatic N) is 2. The van der Waals surface area contributed by atoms with Gasteiger partial charge in [0, 0.05) is 43.6 Å². The van der Waals surface area contributed by atoms with Crippen molar-refractivity contribution in [2.24, 2.45) is 0 Å². The molecule has 0 N–H and O–H groups in total. The smallest absolute Gasteiger partial charge is 0.159 e. The van der Waals surface area contributed by atoms with E-state index in [0.29, 0.717) is 0 Å². The summed E-state index contributed by atoms with van der Waals surface area (Å²) >= 11 is 0. The second kappa shape index (κ2) is 11.5. The summed E-state index contributed by atoms with van der Waals surface area (Å²) in [6, 6.07) is 66.2. The molecule has 3 heteroatoms. The Balaban J connectivity index is 1.06. The number of rotatable bonds is 4. The SMILES string of the molecule is CC1(C)c2ccccc2-c2c1c1cc(-c3ccc4c(c3)c3ccccc3n4-c3ccc(-c4ccccc4)cc3)ccc1n2-c1cccc2c1oc1ccccc12. The second-order valence-corrected chi connectivity index (χ2v) is 15.7. The highest BCUT2D eigenvalue weighted by atomic mass is 16.3. The first-order chi connectivity index (χ1) is 27.5. The number of hydrogen-bond donors (Lipinski definition) is 0. The maximum Gasteiger partial charge on any atom is 0.159 e. The van der Waals surface area contributed by atoms with Crippen LogP contribution in [0.3, 0.4) is 0 Å². The van der Waals surface area contributed by atoms with Gasteiger partial charge in [0.2, 0.25) is 0 Å². The Morgan fingerprint density at radius 2 is 1.04 bits per heavy atom. The zero-order valence-corrected chi connectivity index (χ0v) is 31.1. The first-order valence-corrected chi connectivity index (χ1v) is 19.4. The van der Waals surface area contributed by atoms with Crippen LogP contribution in [0.5, 0.6) is 0 Å². The Bertz CT molecular complexity index is 3370. The summed E-state index contributed by atoms with van der Waals surface area (Å²) in [5, 5.41) is 6.04. The predicted molar refractivity (Wildman–Crippen MR) is 233 cm³/mol. The van der Waals surface area contributed by atoms with Gasteiger partial charge in [-0.1, -0.05) is 141 Å². The van der Waals surface area contributed by atoms with Crippen molar-refractivity contribution in [3.05, 3.63) is 193 Å². The number of furan rings is 1. The van der Waals surface area contributed by atoms with Crippen molar-refractivity contribution in [1.82, 2.24) is 9.13 Å². The lowest BCUT2D eigenvalue weighted by atomic mass is 9.81. The third-order valence-electron chi connectivity index (χ3n) is 12.3. The summed E-state index contributed by atoms with van der Waals surface area (Å²) in [4.78, 5) is 0. The molecule has 0 saturated heterocycles. The van der Waals surface area contributed by atoms with Gasteiger partial charge in [0.25, 0.3) is 0 Å². The van der Waals surface area contributed by atoms with Gasteiger partial charge >= 0.3 is 0 Å². The van der Waals surface area contributed by atoms with Crippen LogP contribution in [0.4, 0.5) is 0 Å². The molecule has 3 nitrogen and oxygen atoms in total. The molecule has 0 atom stereocenters. The highest BCUT2D eigenvalue weighted by Crippen LogP contribution is 2.54. The van der Waals surface area contributed by atoms with Crippen LogP contribution in [0.2, 0.25) is 0 Å². The average molecular weight is 717 g/mol. The van der Waals surface area contributed by atoms with Gasteiger partial charge in [-0.25, -0.2) is 0 Å². The van der Waals surface area contributed by atoms with Gasteiger partial charge in [0.05, 0.1) is 27.9 Å². The van der Waals surface area contributed by atoms with E-state index in [1.54, 1.807) is 0 Å². The zero-order valence-electron chi connectivity index (χ0n) is 31.1. The van der Waals surface area contributed by atoms with Gasteiger partial charge < -0.3 is 13.6 Å². The largest absolute Gasteiger partial charge is 0.454 e. The van der Waals surface area contributed by atoms with Crippen LogP contribution in [0.1, 0.15) is 25.0 Å². The first kappa shape index (κ1) is 31.3. The van der Waals surface area contributed by atoms with Crippen molar-refractivity contribution < 1.29 is 4.42 Å². The number of fused-ring (bicyclic) bond motifs is 11. The lowest BCUT2D eigenvalue weighted by Crippen LogP contribution is -2.14. The average Bonchev–Trinajstić information content (AvgIpc) is 3.97. The van der Waals surface area contributed by atoms with E-state index in [0.717, 1.165) is 33.3 Å². The molecule has 0 amide bonds. The van der Waals surface area contributed by atoms with Gasteiger partial charge in [-0.3, -0.25) is 0 Å². The van der Waals surface area contributed by atoms with E-state index < -0.39 is 0 Å². The number of para-hydroxylation sites is 3. The van der Waals surface area contributed by atoms with Crippen molar-refractivity contribution in [2.45, 2.75) is 19.3 Å². The zero-order chi connectivity index (χ0) is 37.1. The van der Waals surface area contributed by atoms with Crippen molar-refractivity contribution >= 4 is 54.6 Å². The minimum Gasteiger partial charge on any atom is -0.454 e. The molecule has 0 spiro atoms. The third kappa shape index (κ3) is 4.28. The maximum atomic E-state index is 6.66. The predicted octanol–water partition coefficient (Wildman–Crippen LogP) is 14.3. The molecule has 0 saturated carbocycles. The highest BCUT2D eigenvalue weighted by molar-refractivity contribution is 6.12. The fraction of sp³-hybridized carbons (Fsp3) is 0.0566. The summed E-state index contributed by atoms with van der Waals surface area (Å²) in [5.41, 5.74) is 17.5. The van der Waals surface area contributed by atoms with Crippen molar-refractivity contribution in [2.75, 3.05) is 0 Å². The molecule has 8 aromatic carbocycles. The summed E-state index contributed by atoms with van der Waals surface area (Å²) in [6.07, 6.45) is 0. The molecule has 264 valence electrons. The van der Waals surface area contributed by atoms with Crippen LogP contribution < -0.4 is 0 Å². The summed E-state index contributed by atoms with van der Waals surface area (Å²) < 4.78 is 11.5. The number of aromatic nitrogens is 2. The van der Waals surface area contributed by atoms with Crippen LogP contribution in [-0.2, 0) is 5.41 Å². The Morgan fingerprint density at radius 3 is 1.86 bits per heavy atom. The van der Waals surface area contributed by atoms with E-state index in [4.69, 9.17) is 4.42 Å². The van der Waals surface area contributed by atoms with E-state index >= 15 is 0 Å². The highest BCUT2D eigenvalue weighted by Gasteiger charge is 2.41. The van der Waals surface area contributed by atoms with Gasteiger partial charge in [-0.15, -0.1) is 0 Å². The summed E-state index contributed by atoms with van der Waals surface area (Å²) in [7, 11) is 0. The second-order valence-electron chi connectivity index (χ2n) is 15.7. The molecule has 0 unspecified atom stereocenters. The van der Waals surface area contributed by atoms with Crippen molar-refractivity contribution in [3.63, 3.8) is 0 Å². The summed E-state index contributed by atoms with van der Waals surface area (Å²) in [5.74, 6) is 0. The molecular formula is C53H36N2O. The third-order valence-corrected chi connectivity index (χ3v) is 12.3.